The summed E-state index contributed by atoms with van der Waals surface area (Å²) in [6.45, 7) is 2.70. The summed E-state index contributed by atoms with van der Waals surface area (Å²) >= 11 is 0. The maximum Gasteiger partial charge on any atom is 0.179 e. The molecule has 12 heavy (non-hydrogen) atoms. The number of rotatable bonds is 7. The zero-order valence-corrected chi connectivity index (χ0v) is 7.75. The van der Waals surface area contributed by atoms with Crippen molar-refractivity contribution >= 4 is 0 Å². The zero-order chi connectivity index (χ0) is 9.23. The minimum absolute atomic E-state index is 0.598. The van der Waals surface area contributed by atoms with Crippen molar-refractivity contribution in [1.29, 1.82) is 5.26 Å². The topological polar surface area (TPSA) is 45.5 Å². The lowest BCUT2D eigenvalue weighted by Gasteiger charge is -2.13. The quantitative estimate of drug-likeness (QED) is 0.318. The van der Waals surface area contributed by atoms with E-state index < -0.39 is 0 Å². The van der Waals surface area contributed by atoms with Crippen LogP contribution in [0.3, 0.4) is 0 Å². The summed E-state index contributed by atoms with van der Waals surface area (Å²) in [5.41, 5.74) is 0. The molecule has 0 aliphatic carbocycles. The Kier molecular flexibility index (Phi) is 7.76. The van der Waals surface area contributed by atoms with E-state index in [4.69, 9.17) is 14.7 Å². The Hall–Kier alpha value is -0.790. The van der Waals surface area contributed by atoms with Crippen molar-refractivity contribution in [3.63, 3.8) is 0 Å². The molecule has 0 heterocycles. The number of hydrogen-bond acceptors (Lipinski definition) is 4. The van der Waals surface area contributed by atoms with Crippen molar-refractivity contribution in [1.82, 2.24) is 4.90 Å². The molecule has 0 bridgehead atoms. The van der Waals surface area contributed by atoms with Gasteiger partial charge in [0.2, 0.25) is 0 Å². The van der Waals surface area contributed by atoms with Crippen LogP contribution in [-0.2, 0) is 9.47 Å². The first-order chi connectivity index (χ1) is 5.85. The van der Waals surface area contributed by atoms with E-state index >= 15 is 0 Å². The number of methoxy groups -OCH3 is 2. The Morgan fingerprint density at radius 1 is 1.17 bits per heavy atom. The minimum Gasteiger partial charge on any atom is -0.385 e. The Bertz CT molecular complexity index is 134. The first-order valence-corrected chi connectivity index (χ1v) is 3.97. The van der Waals surface area contributed by atoms with Crippen molar-refractivity contribution in [3.05, 3.63) is 0 Å². The third-order valence-electron chi connectivity index (χ3n) is 1.48. The van der Waals surface area contributed by atoms with Crippen LogP contribution in [0.25, 0.3) is 0 Å². The molecule has 0 fully saturated rings. The summed E-state index contributed by atoms with van der Waals surface area (Å²) in [6.07, 6.45) is 2.98. The molecule has 0 amide bonds. The standard InChI is InChI=1S/C8H16N2O2/c1-11-6-3-4-10(8-9)5-7-12-2/h3-7H2,1-2H3. The van der Waals surface area contributed by atoms with E-state index in [1.54, 1.807) is 19.1 Å². The molecule has 0 aromatic heterocycles. The Balaban J connectivity index is 3.35. The number of nitriles is 1. The minimum atomic E-state index is 0.598. The van der Waals surface area contributed by atoms with Gasteiger partial charge in [-0.15, -0.1) is 0 Å². The third kappa shape index (κ3) is 5.96. The lowest BCUT2D eigenvalue weighted by atomic mass is 10.4. The van der Waals surface area contributed by atoms with Crippen molar-refractivity contribution in [2.45, 2.75) is 6.42 Å². The van der Waals surface area contributed by atoms with Crippen LogP contribution in [0.1, 0.15) is 6.42 Å². The molecular formula is C8H16N2O2. The fourth-order valence-electron chi connectivity index (χ4n) is 0.813. The highest BCUT2D eigenvalue weighted by Gasteiger charge is 1.99. The Morgan fingerprint density at radius 3 is 2.33 bits per heavy atom. The van der Waals surface area contributed by atoms with Gasteiger partial charge in [-0.1, -0.05) is 0 Å². The predicted octanol–water partition coefficient (Wildman–Crippen LogP) is 0.452. The molecule has 0 spiro atoms. The largest absolute Gasteiger partial charge is 0.385 e. The highest BCUT2D eigenvalue weighted by molar-refractivity contribution is 4.72. The van der Waals surface area contributed by atoms with Crippen LogP contribution in [0, 0.1) is 11.5 Å². The molecule has 0 atom stereocenters. The lowest BCUT2D eigenvalue weighted by molar-refractivity contribution is 0.157. The van der Waals surface area contributed by atoms with Gasteiger partial charge < -0.3 is 14.4 Å². The van der Waals surface area contributed by atoms with E-state index in [0.29, 0.717) is 19.8 Å². The monoisotopic (exact) mass is 172 g/mol. The molecule has 0 rings (SSSR count). The summed E-state index contributed by atoms with van der Waals surface area (Å²) in [5, 5.41) is 8.63. The maximum absolute atomic E-state index is 8.63. The van der Waals surface area contributed by atoms with Crippen molar-refractivity contribution in [3.8, 4) is 6.19 Å². The Morgan fingerprint density at radius 2 is 1.83 bits per heavy atom. The molecule has 0 radical (unpaired) electrons. The van der Waals surface area contributed by atoms with E-state index in [2.05, 4.69) is 6.19 Å². The van der Waals surface area contributed by atoms with Crippen LogP contribution in [0.4, 0.5) is 0 Å². The second kappa shape index (κ2) is 8.31. The molecule has 0 saturated carbocycles. The molecule has 0 aliphatic rings. The van der Waals surface area contributed by atoms with Crippen LogP contribution in [0.2, 0.25) is 0 Å². The van der Waals surface area contributed by atoms with Crippen molar-refractivity contribution in [2.75, 3.05) is 40.5 Å². The number of hydrogen-bond donors (Lipinski definition) is 0. The molecule has 0 N–H and O–H groups in total. The van der Waals surface area contributed by atoms with Crippen LogP contribution < -0.4 is 0 Å². The summed E-state index contributed by atoms with van der Waals surface area (Å²) in [4.78, 5) is 1.67. The molecule has 0 aromatic rings. The van der Waals surface area contributed by atoms with E-state index in [0.717, 1.165) is 13.0 Å². The van der Waals surface area contributed by atoms with E-state index in [1.165, 1.54) is 0 Å². The van der Waals surface area contributed by atoms with E-state index in [1.807, 2.05) is 0 Å². The third-order valence-corrected chi connectivity index (χ3v) is 1.48. The van der Waals surface area contributed by atoms with Crippen LogP contribution in [0.15, 0.2) is 0 Å². The number of ether oxygens (including phenoxy) is 2. The highest BCUT2D eigenvalue weighted by atomic mass is 16.5. The van der Waals surface area contributed by atoms with Gasteiger partial charge >= 0.3 is 0 Å². The van der Waals surface area contributed by atoms with Crippen molar-refractivity contribution < 1.29 is 9.47 Å². The first kappa shape index (κ1) is 11.2. The molecular weight excluding hydrogens is 156 g/mol. The summed E-state index contributed by atoms with van der Waals surface area (Å²) < 4.78 is 9.73. The van der Waals surface area contributed by atoms with Gasteiger partial charge in [0, 0.05) is 27.4 Å². The molecule has 70 valence electrons. The van der Waals surface area contributed by atoms with Crippen LogP contribution in [-0.4, -0.2) is 45.4 Å². The summed E-state index contributed by atoms with van der Waals surface area (Å²) in [6, 6.07) is 0. The van der Waals surface area contributed by atoms with E-state index in [9.17, 15) is 0 Å². The molecule has 0 saturated heterocycles. The zero-order valence-electron chi connectivity index (χ0n) is 7.75. The molecule has 0 aliphatic heterocycles. The highest BCUT2D eigenvalue weighted by Crippen LogP contribution is 1.89. The van der Waals surface area contributed by atoms with Gasteiger partial charge in [-0.2, -0.15) is 5.26 Å². The van der Waals surface area contributed by atoms with E-state index in [-0.39, 0.29) is 0 Å². The van der Waals surface area contributed by atoms with Crippen molar-refractivity contribution in [2.24, 2.45) is 0 Å². The van der Waals surface area contributed by atoms with Gasteiger partial charge in [0.1, 0.15) is 0 Å². The maximum atomic E-state index is 8.63. The fourth-order valence-corrected chi connectivity index (χ4v) is 0.813. The summed E-state index contributed by atoms with van der Waals surface area (Å²) in [7, 11) is 3.29. The Labute approximate surface area is 73.7 Å². The lowest BCUT2D eigenvalue weighted by Crippen LogP contribution is -2.24. The van der Waals surface area contributed by atoms with Gasteiger partial charge in [0.05, 0.1) is 13.2 Å². The SMILES string of the molecule is COCCCN(C#N)CCOC. The average Bonchev–Trinajstić information content (AvgIpc) is 2.11. The number of nitrogens with zero attached hydrogens (tertiary/aromatic N) is 2. The van der Waals surface area contributed by atoms with Gasteiger partial charge in [-0.3, -0.25) is 0 Å². The van der Waals surface area contributed by atoms with Gasteiger partial charge in [-0.05, 0) is 6.42 Å². The van der Waals surface area contributed by atoms with Gasteiger partial charge in [0.25, 0.3) is 0 Å². The predicted molar refractivity (Wildman–Crippen MR) is 45.6 cm³/mol. The smallest absolute Gasteiger partial charge is 0.179 e. The second-order valence-corrected chi connectivity index (χ2v) is 2.43. The molecule has 0 aromatic carbocycles. The summed E-state index contributed by atoms with van der Waals surface area (Å²) in [5.74, 6) is 0. The molecule has 4 nitrogen and oxygen atoms in total. The van der Waals surface area contributed by atoms with Crippen LogP contribution in [0.5, 0.6) is 0 Å². The molecule has 4 heteroatoms. The first-order valence-electron chi connectivity index (χ1n) is 3.97. The average molecular weight is 172 g/mol. The van der Waals surface area contributed by atoms with Gasteiger partial charge in [0.15, 0.2) is 6.19 Å². The molecule has 0 unspecified atom stereocenters. The fraction of sp³-hybridized carbons (Fsp3) is 0.875. The van der Waals surface area contributed by atoms with Gasteiger partial charge in [-0.25, -0.2) is 0 Å². The normalized spacial score (nSPS) is 9.42. The second-order valence-electron chi connectivity index (χ2n) is 2.43. The van der Waals surface area contributed by atoms with Crippen LogP contribution >= 0.6 is 0 Å².